The number of aromatic nitrogens is 1. The van der Waals surface area contributed by atoms with Gasteiger partial charge in [0.15, 0.2) is 0 Å². The van der Waals surface area contributed by atoms with Crippen LogP contribution in [-0.4, -0.2) is 46.9 Å². The van der Waals surface area contributed by atoms with Crippen molar-refractivity contribution in [2.24, 2.45) is 5.41 Å². The highest BCUT2D eigenvalue weighted by atomic mass is 16.2. The summed E-state index contributed by atoms with van der Waals surface area (Å²) >= 11 is 0. The third-order valence-electron chi connectivity index (χ3n) is 6.32. The van der Waals surface area contributed by atoms with Crippen LogP contribution in [0.15, 0.2) is 30.3 Å². The number of hydrogen-bond donors (Lipinski definition) is 1. The van der Waals surface area contributed by atoms with Crippen molar-refractivity contribution in [1.29, 1.82) is 0 Å². The summed E-state index contributed by atoms with van der Waals surface area (Å²) < 4.78 is 0. The first-order valence-electron chi connectivity index (χ1n) is 10.2. The van der Waals surface area contributed by atoms with Gasteiger partial charge in [-0.25, -0.2) is 0 Å². The van der Waals surface area contributed by atoms with Crippen LogP contribution in [0.2, 0.25) is 0 Å². The van der Waals surface area contributed by atoms with E-state index in [1.54, 1.807) is 0 Å². The molecule has 1 atom stereocenters. The molecular weight excluding hydrogens is 334 g/mol. The van der Waals surface area contributed by atoms with Crippen LogP contribution < -0.4 is 0 Å². The van der Waals surface area contributed by atoms with E-state index in [-0.39, 0.29) is 11.3 Å². The Labute approximate surface area is 162 Å². The molecule has 0 saturated carbocycles. The average Bonchev–Trinajstić information content (AvgIpc) is 3.17. The van der Waals surface area contributed by atoms with Gasteiger partial charge in [-0.05, 0) is 63.8 Å². The number of nitrogens with one attached hydrogen (secondary N) is 1. The van der Waals surface area contributed by atoms with Gasteiger partial charge in [0, 0.05) is 37.3 Å². The zero-order valence-electron chi connectivity index (χ0n) is 16.8. The highest BCUT2D eigenvalue weighted by Crippen LogP contribution is 2.40. The van der Waals surface area contributed by atoms with E-state index in [4.69, 9.17) is 0 Å². The Hall–Kier alpha value is -2.07. The predicted molar refractivity (Wildman–Crippen MR) is 109 cm³/mol. The molecule has 4 rings (SSSR count). The Bertz CT molecular complexity index is 840. The maximum atomic E-state index is 13.0. The largest absolute Gasteiger partial charge is 0.354 e. The maximum absolute atomic E-state index is 13.0. The summed E-state index contributed by atoms with van der Waals surface area (Å²) in [7, 11) is 0. The van der Waals surface area contributed by atoms with Crippen LogP contribution in [0.5, 0.6) is 0 Å². The van der Waals surface area contributed by atoms with Crippen LogP contribution in [0.3, 0.4) is 0 Å². The molecule has 0 aliphatic carbocycles. The van der Waals surface area contributed by atoms with Crippen LogP contribution in [0.1, 0.15) is 52.1 Å². The lowest BCUT2D eigenvalue weighted by Gasteiger charge is -2.40. The van der Waals surface area contributed by atoms with Gasteiger partial charge in [-0.3, -0.25) is 9.69 Å². The summed E-state index contributed by atoms with van der Waals surface area (Å²) in [5.74, 6) is 0.174. The Balaban J connectivity index is 1.43. The molecule has 1 aromatic heterocycles. The molecule has 2 aliphatic rings. The minimum atomic E-state index is 0.174. The standard InChI is InChI=1S/C23H31N3O/c1-17-6-4-7-20(12-17)14-25-10-5-8-23(15-25)9-11-26(16-23)22(27)21-18(2)13-19(3)24-21/h4,6-7,12-13,24H,5,8-11,14-16H2,1-3H3. The second-order valence-electron chi connectivity index (χ2n) is 8.79. The number of aryl methyl sites for hydroxylation is 3. The number of carbonyl (C=O) groups is 1. The second-order valence-corrected chi connectivity index (χ2v) is 8.79. The minimum absolute atomic E-state index is 0.174. The summed E-state index contributed by atoms with van der Waals surface area (Å²) in [5, 5.41) is 0. The molecule has 2 aliphatic heterocycles. The molecule has 0 bridgehead atoms. The number of rotatable bonds is 3. The molecule has 4 heteroatoms. The average molecular weight is 366 g/mol. The van der Waals surface area contributed by atoms with Crippen molar-refractivity contribution in [2.75, 3.05) is 26.2 Å². The summed E-state index contributed by atoms with van der Waals surface area (Å²) in [4.78, 5) is 20.9. The maximum Gasteiger partial charge on any atom is 0.270 e. The Morgan fingerprint density at radius 1 is 1.11 bits per heavy atom. The van der Waals surface area contributed by atoms with Crippen LogP contribution >= 0.6 is 0 Å². The Kier molecular flexibility index (Phi) is 4.85. The number of hydrogen-bond acceptors (Lipinski definition) is 2. The van der Waals surface area contributed by atoms with Gasteiger partial charge in [-0.15, -0.1) is 0 Å². The number of likely N-dealkylation sites (tertiary alicyclic amines) is 2. The zero-order chi connectivity index (χ0) is 19.0. The van der Waals surface area contributed by atoms with Gasteiger partial charge in [0.2, 0.25) is 0 Å². The van der Waals surface area contributed by atoms with Gasteiger partial charge in [0.05, 0.1) is 0 Å². The Morgan fingerprint density at radius 2 is 1.96 bits per heavy atom. The van der Waals surface area contributed by atoms with Gasteiger partial charge in [0.25, 0.3) is 5.91 Å². The fourth-order valence-corrected chi connectivity index (χ4v) is 5.06. The van der Waals surface area contributed by atoms with Crippen LogP contribution in [-0.2, 0) is 6.54 Å². The summed E-state index contributed by atoms with van der Waals surface area (Å²) in [6.07, 6.45) is 3.60. The van der Waals surface area contributed by atoms with Crippen molar-refractivity contribution < 1.29 is 4.79 Å². The lowest BCUT2D eigenvalue weighted by Crippen LogP contribution is -2.45. The molecule has 1 aromatic carbocycles. The van der Waals surface area contributed by atoms with E-state index in [9.17, 15) is 4.79 Å². The van der Waals surface area contributed by atoms with Crippen molar-refractivity contribution in [2.45, 2.75) is 46.6 Å². The summed E-state index contributed by atoms with van der Waals surface area (Å²) in [5.41, 5.74) is 5.89. The smallest absolute Gasteiger partial charge is 0.270 e. The van der Waals surface area contributed by atoms with Gasteiger partial charge in [-0.1, -0.05) is 29.8 Å². The van der Waals surface area contributed by atoms with E-state index in [0.29, 0.717) is 0 Å². The van der Waals surface area contributed by atoms with Crippen molar-refractivity contribution in [3.8, 4) is 0 Å². The molecule has 2 aromatic rings. The molecule has 27 heavy (non-hydrogen) atoms. The second kappa shape index (κ2) is 7.16. The number of H-pyrrole nitrogens is 1. The van der Waals surface area contributed by atoms with E-state index in [0.717, 1.165) is 49.6 Å². The SMILES string of the molecule is Cc1cccc(CN2CCCC3(CCN(C(=O)c4[nH]c(C)cc4C)C3)C2)c1. The molecule has 0 radical (unpaired) electrons. The third kappa shape index (κ3) is 3.81. The first kappa shape index (κ1) is 18.3. The first-order chi connectivity index (χ1) is 12.9. The number of carbonyl (C=O) groups excluding carboxylic acids is 1. The minimum Gasteiger partial charge on any atom is -0.354 e. The molecule has 1 spiro atoms. The molecular formula is C23H31N3O. The summed E-state index contributed by atoms with van der Waals surface area (Å²) in [6.45, 7) is 11.3. The van der Waals surface area contributed by atoms with Crippen LogP contribution in [0.25, 0.3) is 0 Å². The fourth-order valence-electron chi connectivity index (χ4n) is 5.06. The quantitative estimate of drug-likeness (QED) is 0.891. The molecule has 2 saturated heterocycles. The number of piperidine rings is 1. The molecule has 3 heterocycles. The first-order valence-corrected chi connectivity index (χ1v) is 10.2. The van der Waals surface area contributed by atoms with Gasteiger partial charge in [-0.2, -0.15) is 0 Å². The fraction of sp³-hybridized carbons (Fsp3) is 0.522. The molecule has 4 nitrogen and oxygen atoms in total. The van der Waals surface area contributed by atoms with Gasteiger partial charge < -0.3 is 9.88 Å². The molecule has 2 fully saturated rings. The predicted octanol–water partition coefficient (Wildman–Crippen LogP) is 4.07. The number of amides is 1. The molecule has 1 N–H and O–H groups in total. The Morgan fingerprint density at radius 3 is 2.70 bits per heavy atom. The lowest BCUT2D eigenvalue weighted by atomic mass is 9.79. The van der Waals surface area contributed by atoms with Crippen molar-refractivity contribution in [1.82, 2.24) is 14.8 Å². The number of benzene rings is 1. The van der Waals surface area contributed by atoms with Gasteiger partial charge >= 0.3 is 0 Å². The highest BCUT2D eigenvalue weighted by molar-refractivity contribution is 5.94. The van der Waals surface area contributed by atoms with Crippen LogP contribution in [0, 0.1) is 26.2 Å². The molecule has 1 amide bonds. The van der Waals surface area contributed by atoms with E-state index in [1.165, 1.54) is 30.5 Å². The van der Waals surface area contributed by atoms with E-state index >= 15 is 0 Å². The number of aromatic amines is 1. The highest BCUT2D eigenvalue weighted by Gasteiger charge is 2.43. The number of nitrogens with zero attached hydrogens (tertiary/aromatic N) is 2. The monoisotopic (exact) mass is 365 g/mol. The van der Waals surface area contributed by atoms with Crippen molar-refractivity contribution >= 4 is 5.91 Å². The van der Waals surface area contributed by atoms with E-state index in [2.05, 4.69) is 52.0 Å². The molecule has 144 valence electrons. The third-order valence-corrected chi connectivity index (χ3v) is 6.32. The topological polar surface area (TPSA) is 39.3 Å². The van der Waals surface area contributed by atoms with E-state index < -0.39 is 0 Å². The van der Waals surface area contributed by atoms with Crippen molar-refractivity contribution in [3.05, 3.63) is 58.4 Å². The van der Waals surface area contributed by atoms with Crippen molar-refractivity contribution in [3.63, 3.8) is 0 Å². The molecule has 1 unspecified atom stereocenters. The van der Waals surface area contributed by atoms with Gasteiger partial charge in [0.1, 0.15) is 5.69 Å². The summed E-state index contributed by atoms with van der Waals surface area (Å²) in [6, 6.07) is 10.9. The zero-order valence-corrected chi connectivity index (χ0v) is 16.8. The van der Waals surface area contributed by atoms with E-state index in [1.807, 2.05) is 13.8 Å². The van der Waals surface area contributed by atoms with Crippen LogP contribution in [0.4, 0.5) is 0 Å². The lowest BCUT2D eigenvalue weighted by molar-refractivity contribution is 0.0671. The normalized spacial score (nSPS) is 23.3.